The lowest BCUT2D eigenvalue weighted by molar-refractivity contribution is 0.0512. The van der Waals surface area contributed by atoms with Gasteiger partial charge in [0.05, 0.1) is 36.7 Å². The summed E-state index contributed by atoms with van der Waals surface area (Å²) in [6, 6.07) is 20.7. The van der Waals surface area contributed by atoms with E-state index in [0.717, 1.165) is 74.9 Å². The van der Waals surface area contributed by atoms with Gasteiger partial charge in [0.15, 0.2) is 0 Å². The summed E-state index contributed by atoms with van der Waals surface area (Å²) in [7, 11) is 5.59. The third kappa shape index (κ3) is 7.22. The van der Waals surface area contributed by atoms with Gasteiger partial charge in [-0.1, -0.05) is 70.5 Å². The van der Waals surface area contributed by atoms with Crippen LogP contribution in [-0.4, -0.2) is 54.2 Å². The number of aryl methyl sites for hydroxylation is 3. The second-order valence-corrected chi connectivity index (χ2v) is 11.3. The zero-order valence-corrected chi connectivity index (χ0v) is 28.8. The first kappa shape index (κ1) is 34.5. The SMILES string of the molecule is CCOC(=O)c1c(CCCOc2cccc3ccccc23)c2cccc(-c3c(COC)nn(C)c3CBr)c2n1CCCNC.Cl. The lowest BCUT2D eigenvalue weighted by atomic mass is 9.98. The normalized spacial score (nSPS) is 11.2. The van der Waals surface area contributed by atoms with Crippen LogP contribution in [0.3, 0.4) is 0 Å². The van der Waals surface area contributed by atoms with Crippen molar-refractivity contribution >= 4 is 56.0 Å². The number of para-hydroxylation sites is 1. The molecule has 45 heavy (non-hydrogen) atoms. The second-order valence-electron chi connectivity index (χ2n) is 10.7. The molecule has 0 radical (unpaired) electrons. The van der Waals surface area contributed by atoms with Crippen LogP contribution < -0.4 is 10.1 Å². The fraction of sp³-hybridized carbons (Fsp3) is 0.371. The number of hydrogen-bond acceptors (Lipinski definition) is 6. The molecule has 8 nitrogen and oxygen atoms in total. The summed E-state index contributed by atoms with van der Waals surface area (Å²) in [5.41, 5.74) is 6.61. The van der Waals surface area contributed by atoms with Crippen molar-refractivity contribution in [2.24, 2.45) is 7.05 Å². The molecular weight excluding hydrogens is 656 g/mol. The molecule has 0 bridgehead atoms. The monoisotopic (exact) mass is 696 g/mol. The number of aromatic nitrogens is 3. The van der Waals surface area contributed by atoms with E-state index in [4.69, 9.17) is 19.3 Å². The van der Waals surface area contributed by atoms with Crippen LogP contribution in [0.1, 0.15) is 47.2 Å². The van der Waals surface area contributed by atoms with E-state index < -0.39 is 0 Å². The molecule has 10 heteroatoms. The van der Waals surface area contributed by atoms with Crippen LogP contribution in [-0.2, 0) is 41.4 Å². The molecule has 0 saturated heterocycles. The maximum absolute atomic E-state index is 13.7. The van der Waals surface area contributed by atoms with Crippen molar-refractivity contribution in [1.82, 2.24) is 19.7 Å². The Labute approximate surface area is 279 Å². The van der Waals surface area contributed by atoms with Gasteiger partial charge in [0.1, 0.15) is 11.4 Å². The Morgan fingerprint density at radius 2 is 1.78 bits per heavy atom. The average Bonchev–Trinajstić information content (AvgIpc) is 3.53. The van der Waals surface area contributed by atoms with Crippen molar-refractivity contribution in [2.75, 3.05) is 33.9 Å². The van der Waals surface area contributed by atoms with Gasteiger partial charge in [-0.05, 0) is 56.8 Å². The van der Waals surface area contributed by atoms with Gasteiger partial charge in [-0.15, -0.1) is 12.4 Å². The molecular formula is C35H42BrClN4O4. The van der Waals surface area contributed by atoms with E-state index in [1.54, 1.807) is 7.11 Å². The molecule has 0 amide bonds. The van der Waals surface area contributed by atoms with Gasteiger partial charge in [-0.2, -0.15) is 5.10 Å². The maximum atomic E-state index is 13.7. The second kappa shape index (κ2) is 16.3. The van der Waals surface area contributed by atoms with Crippen LogP contribution in [0.15, 0.2) is 60.7 Å². The molecule has 240 valence electrons. The van der Waals surface area contributed by atoms with E-state index in [0.29, 0.717) is 43.8 Å². The lowest BCUT2D eigenvalue weighted by Gasteiger charge is -2.14. The first-order valence-corrected chi connectivity index (χ1v) is 16.3. The molecule has 1 N–H and O–H groups in total. The van der Waals surface area contributed by atoms with E-state index in [1.165, 1.54) is 0 Å². The number of carbonyl (C=O) groups is 1. The van der Waals surface area contributed by atoms with Gasteiger partial charge in [0.25, 0.3) is 0 Å². The molecule has 5 aromatic rings. The van der Waals surface area contributed by atoms with E-state index in [9.17, 15) is 4.79 Å². The highest BCUT2D eigenvalue weighted by Gasteiger charge is 2.28. The topological polar surface area (TPSA) is 79.5 Å². The Morgan fingerprint density at radius 1 is 1.02 bits per heavy atom. The van der Waals surface area contributed by atoms with Crippen LogP contribution in [0, 0.1) is 0 Å². The number of carbonyl (C=O) groups excluding carboxylic acids is 1. The molecule has 0 aliphatic rings. The van der Waals surface area contributed by atoms with Gasteiger partial charge >= 0.3 is 5.97 Å². The van der Waals surface area contributed by atoms with Crippen LogP contribution in [0.25, 0.3) is 32.8 Å². The number of nitrogens with one attached hydrogen (secondary N) is 1. The van der Waals surface area contributed by atoms with Crippen LogP contribution in [0.4, 0.5) is 0 Å². The predicted molar refractivity (Wildman–Crippen MR) is 187 cm³/mol. The molecule has 0 aliphatic carbocycles. The van der Waals surface area contributed by atoms with E-state index >= 15 is 0 Å². The lowest BCUT2D eigenvalue weighted by Crippen LogP contribution is -2.17. The summed E-state index contributed by atoms with van der Waals surface area (Å²) in [6.07, 6.45) is 2.26. The number of hydrogen-bond donors (Lipinski definition) is 1. The molecule has 0 atom stereocenters. The molecule has 0 unspecified atom stereocenters. The fourth-order valence-electron chi connectivity index (χ4n) is 6.08. The number of benzene rings is 3. The van der Waals surface area contributed by atoms with Gasteiger partial charge in [0.2, 0.25) is 0 Å². The first-order chi connectivity index (χ1) is 21.5. The molecule has 0 spiro atoms. The van der Waals surface area contributed by atoms with E-state index in [-0.39, 0.29) is 18.4 Å². The molecule has 5 rings (SSSR count). The van der Waals surface area contributed by atoms with E-state index in [1.807, 2.05) is 50.0 Å². The minimum Gasteiger partial charge on any atom is -0.493 e. The largest absolute Gasteiger partial charge is 0.493 e. The summed E-state index contributed by atoms with van der Waals surface area (Å²) >= 11 is 3.69. The maximum Gasteiger partial charge on any atom is 0.355 e. The Balaban J connectivity index is 0.00000461. The zero-order chi connectivity index (χ0) is 31.1. The van der Waals surface area contributed by atoms with Crippen molar-refractivity contribution in [1.29, 1.82) is 0 Å². The smallest absolute Gasteiger partial charge is 0.355 e. The fourth-order valence-corrected chi connectivity index (χ4v) is 6.72. The average molecular weight is 698 g/mol. The van der Waals surface area contributed by atoms with Crippen LogP contribution in [0.5, 0.6) is 5.75 Å². The number of ether oxygens (including phenoxy) is 3. The first-order valence-electron chi connectivity index (χ1n) is 15.2. The van der Waals surface area contributed by atoms with Crippen LogP contribution in [0.2, 0.25) is 0 Å². The molecule has 2 aromatic heterocycles. The van der Waals surface area contributed by atoms with Crippen LogP contribution >= 0.6 is 28.3 Å². The van der Waals surface area contributed by atoms with Gasteiger partial charge < -0.3 is 24.1 Å². The number of fused-ring (bicyclic) bond motifs is 2. The third-order valence-corrected chi connectivity index (χ3v) is 8.49. The number of halogens is 2. The molecule has 3 aromatic carbocycles. The summed E-state index contributed by atoms with van der Waals surface area (Å²) < 4.78 is 21.6. The number of nitrogens with zero attached hydrogens (tertiary/aromatic N) is 3. The minimum atomic E-state index is -0.298. The van der Waals surface area contributed by atoms with Crippen molar-refractivity contribution in [3.63, 3.8) is 0 Å². The van der Waals surface area contributed by atoms with Crippen molar-refractivity contribution in [3.05, 3.63) is 83.3 Å². The Kier molecular flexibility index (Phi) is 12.5. The Bertz CT molecular complexity index is 1740. The van der Waals surface area contributed by atoms with E-state index in [2.05, 4.69) is 62.2 Å². The third-order valence-electron chi connectivity index (χ3n) is 7.96. The van der Waals surface area contributed by atoms with Crippen molar-refractivity contribution in [3.8, 4) is 16.9 Å². The van der Waals surface area contributed by atoms with Crippen molar-refractivity contribution in [2.45, 2.75) is 44.7 Å². The Morgan fingerprint density at radius 3 is 2.53 bits per heavy atom. The highest BCUT2D eigenvalue weighted by atomic mass is 79.9. The molecule has 0 fully saturated rings. The summed E-state index contributed by atoms with van der Waals surface area (Å²) in [5, 5.41) is 12.0. The zero-order valence-electron chi connectivity index (χ0n) is 26.4. The molecule has 0 aliphatic heterocycles. The number of esters is 1. The molecule has 2 heterocycles. The minimum absolute atomic E-state index is 0. The summed E-state index contributed by atoms with van der Waals surface area (Å²) in [4.78, 5) is 13.7. The highest BCUT2D eigenvalue weighted by Crippen LogP contribution is 2.39. The molecule has 0 saturated carbocycles. The van der Waals surface area contributed by atoms with Gasteiger partial charge in [0, 0.05) is 47.9 Å². The summed E-state index contributed by atoms with van der Waals surface area (Å²) in [5.74, 6) is 0.572. The number of alkyl halides is 1. The van der Waals surface area contributed by atoms with Crippen molar-refractivity contribution < 1.29 is 19.0 Å². The quantitative estimate of drug-likeness (QED) is 0.0696. The van der Waals surface area contributed by atoms with Gasteiger partial charge in [-0.3, -0.25) is 4.68 Å². The highest BCUT2D eigenvalue weighted by molar-refractivity contribution is 9.08. The number of methoxy groups -OCH3 is 1. The predicted octanol–water partition coefficient (Wildman–Crippen LogP) is 7.46. The van der Waals surface area contributed by atoms with Gasteiger partial charge in [-0.25, -0.2) is 4.79 Å². The summed E-state index contributed by atoms with van der Waals surface area (Å²) in [6.45, 7) is 4.56. The Hall–Kier alpha value is -3.37. The standard InChI is InChI=1S/C35H41BrN4O4.ClH/c1-5-43-35(41)34-27(17-10-21-44-31-18-8-13-24-12-6-7-14-25(24)31)26-15-9-16-28(33(26)40(34)20-11-19-37-2)32-29(23-42-4)38-39(3)30(32)22-36;/h6-9,12-16,18,37H,5,10-11,17,19-23H2,1-4H3;1H. The number of rotatable bonds is 15.